The van der Waals surface area contributed by atoms with Gasteiger partial charge in [-0.2, -0.15) is 13.2 Å². The van der Waals surface area contributed by atoms with Crippen molar-refractivity contribution < 1.29 is 31.5 Å². The molecule has 1 aliphatic carbocycles. The highest BCUT2D eigenvalue weighted by Gasteiger charge is 2.70. The number of benzene rings is 1. The Bertz CT molecular complexity index is 1150. The van der Waals surface area contributed by atoms with Crippen molar-refractivity contribution in [3.05, 3.63) is 53.4 Å². The Labute approximate surface area is 187 Å². The van der Waals surface area contributed by atoms with Gasteiger partial charge in [0, 0.05) is 30.7 Å². The number of hydrogen-bond donors (Lipinski definition) is 4. The summed E-state index contributed by atoms with van der Waals surface area (Å²) < 4.78 is 74.6. The number of alkyl halides is 3. The van der Waals surface area contributed by atoms with Crippen LogP contribution in [0.1, 0.15) is 41.5 Å². The van der Waals surface area contributed by atoms with Gasteiger partial charge in [-0.25, -0.2) is 23.7 Å². The molecule has 1 atom stereocenters. The van der Waals surface area contributed by atoms with Crippen LogP contribution in [0.3, 0.4) is 0 Å². The lowest BCUT2D eigenvalue weighted by atomic mass is 9.86. The standard InChI is InChI=1S/C19H20F4N6O3S/c1-17(18(5-6-18)33(31,32)29(2)16(24)28-17)12-7-11(3-4-13(12)20)27-15(30)14-25-8-10(9-26-14)19(21,22)23/h3-4,7-9,31-32H,5-6H2,1-2H3,(H2,24,28)(H,27,30)/t17-/m1/s1. The molecule has 4 rings (SSSR count). The fraction of sp³-hybridized carbons (Fsp3) is 0.368. The number of halogens is 4. The zero-order valence-corrected chi connectivity index (χ0v) is 18.2. The molecule has 1 saturated carbocycles. The van der Waals surface area contributed by atoms with Crippen molar-refractivity contribution in [2.45, 2.75) is 36.2 Å². The van der Waals surface area contributed by atoms with E-state index in [0.717, 1.165) is 10.4 Å². The Hall–Kier alpha value is -2.97. The highest BCUT2D eigenvalue weighted by atomic mass is 32.3. The molecular weight excluding hydrogens is 468 g/mol. The molecule has 2 aromatic rings. The van der Waals surface area contributed by atoms with Crippen LogP contribution in [0, 0.1) is 5.82 Å². The molecule has 178 valence electrons. The minimum atomic E-state index is -4.65. The summed E-state index contributed by atoms with van der Waals surface area (Å²) in [5.74, 6) is -2.32. The first-order valence-electron chi connectivity index (χ1n) is 9.60. The Morgan fingerprint density at radius 3 is 2.39 bits per heavy atom. The van der Waals surface area contributed by atoms with Gasteiger partial charge in [0.2, 0.25) is 11.8 Å². The zero-order chi connectivity index (χ0) is 24.4. The number of hydrogen-bond acceptors (Lipinski definition) is 8. The van der Waals surface area contributed by atoms with Crippen LogP contribution in [-0.2, 0) is 11.7 Å². The number of nitrogens with two attached hydrogens (primary N) is 1. The third-order valence-corrected chi connectivity index (χ3v) is 8.89. The molecule has 2 aliphatic rings. The molecular formula is C19H20F4N6O3S. The molecule has 1 amide bonds. The Morgan fingerprint density at radius 2 is 1.85 bits per heavy atom. The number of aliphatic imine (C=N–C) groups is 1. The minimum absolute atomic E-state index is 0.0258. The third-order valence-electron chi connectivity index (χ3n) is 6.09. The van der Waals surface area contributed by atoms with Gasteiger partial charge in [-0.05, 0) is 38.0 Å². The van der Waals surface area contributed by atoms with Gasteiger partial charge in [-0.1, -0.05) is 0 Å². The topological polar surface area (TPSA) is 137 Å². The fourth-order valence-corrected chi connectivity index (χ4v) is 6.16. The lowest BCUT2D eigenvalue weighted by Crippen LogP contribution is -2.55. The van der Waals surface area contributed by atoms with Gasteiger partial charge in [-0.15, -0.1) is 10.8 Å². The SMILES string of the molecule is CN1C(N)=N[C@](C)(c2cc(NC(=O)c3ncc(C(F)(F)F)cn3)ccc2F)C2(CC2)S1(O)O. The van der Waals surface area contributed by atoms with Gasteiger partial charge in [0.15, 0.2) is 0 Å². The molecule has 0 saturated heterocycles. The summed E-state index contributed by atoms with van der Waals surface area (Å²) in [6, 6.07) is 3.58. The van der Waals surface area contributed by atoms with Crippen LogP contribution in [0.5, 0.6) is 0 Å². The molecule has 0 unspecified atom stereocenters. The highest BCUT2D eigenvalue weighted by molar-refractivity contribution is 8.24. The maximum absolute atomic E-state index is 14.9. The highest BCUT2D eigenvalue weighted by Crippen LogP contribution is 2.76. The van der Waals surface area contributed by atoms with Crippen molar-refractivity contribution in [3.8, 4) is 0 Å². The van der Waals surface area contributed by atoms with Crippen LogP contribution in [0.25, 0.3) is 0 Å². The second kappa shape index (κ2) is 7.27. The van der Waals surface area contributed by atoms with E-state index in [-0.39, 0.29) is 17.2 Å². The number of guanidine groups is 1. The summed E-state index contributed by atoms with van der Waals surface area (Å²) in [7, 11) is -2.04. The van der Waals surface area contributed by atoms with Crippen molar-refractivity contribution in [3.63, 3.8) is 0 Å². The van der Waals surface area contributed by atoms with Gasteiger partial charge < -0.3 is 11.1 Å². The second-order valence-electron chi connectivity index (χ2n) is 7.99. The molecule has 1 aliphatic heterocycles. The maximum Gasteiger partial charge on any atom is 0.419 e. The molecule has 0 bridgehead atoms. The quantitative estimate of drug-likeness (QED) is 0.485. The largest absolute Gasteiger partial charge is 0.419 e. The van der Waals surface area contributed by atoms with E-state index in [1.54, 1.807) is 0 Å². The third kappa shape index (κ3) is 3.48. The Morgan fingerprint density at radius 1 is 1.24 bits per heavy atom. The van der Waals surface area contributed by atoms with Crippen LogP contribution in [-0.4, -0.2) is 47.0 Å². The number of amides is 1. The van der Waals surface area contributed by atoms with Crippen molar-refractivity contribution >= 4 is 28.3 Å². The van der Waals surface area contributed by atoms with E-state index in [2.05, 4.69) is 20.3 Å². The summed E-state index contributed by atoms with van der Waals surface area (Å²) in [5, 5.41) is 2.41. The summed E-state index contributed by atoms with van der Waals surface area (Å²) in [6.45, 7) is 1.54. The molecule has 33 heavy (non-hydrogen) atoms. The smallest absolute Gasteiger partial charge is 0.369 e. The number of carbonyl (C=O) groups excluding carboxylic acids is 1. The van der Waals surface area contributed by atoms with Crippen molar-refractivity contribution in [1.82, 2.24) is 14.3 Å². The van der Waals surface area contributed by atoms with Gasteiger partial charge >= 0.3 is 6.18 Å². The number of anilines is 1. The van der Waals surface area contributed by atoms with Crippen LogP contribution < -0.4 is 11.1 Å². The van der Waals surface area contributed by atoms with Crippen LogP contribution in [0.2, 0.25) is 0 Å². The molecule has 1 aromatic heterocycles. The Kier molecular flexibility index (Phi) is 5.11. The monoisotopic (exact) mass is 488 g/mol. The molecule has 0 radical (unpaired) electrons. The maximum atomic E-state index is 14.9. The number of aromatic nitrogens is 2. The van der Waals surface area contributed by atoms with Crippen molar-refractivity contribution in [2.75, 3.05) is 12.4 Å². The number of nitrogens with zero attached hydrogens (tertiary/aromatic N) is 4. The lowest BCUT2D eigenvalue weighted by molar-refractivity contribution is -0.138. The van der Waals surface area contributed by atoms with Gasteiger partial charge in [0.1, 0.15) is 16.1 Å². The summed E-state index contributed by atoms with van der Waals surface area (Å²) in [5.41, 5.74) is 3.39. The predicted octanol–water partition coefficient (Wildman–Crippen LogP) is 3.56. The average Bonchev–Trinajstić information content (AvgIpc) is 3.56. The minimum Gasteiger partial charge on any atom is -0.369 e. The van der Waals surface area contributed by atoms with Gasteiger partial charge in [-0.3, -0.25) is 13.9 Å². The first kappa shape index (κ1) is 23.2. The van der Waals surface area contributed by atoms with Crippen molar-refractivity contribution in [2.24, 2.45) is 10.7 Å². The average molecular weight is 488 g/mol. The van der Waals surface area contributed by atoms with E-state index in [9.17, 15) is 31.5 Å². The van der Waals surface area contributed by atoms with Crippen LogP contribution in [0.15, 0.2) is 35.6 Å². The molecule has 2 heterocycles. The van der Waals surface area contributed by atoms with E-state index in [1.165, 1.54) is 26.1 Å². The number of rotatable bonds is 3. The molecule has 14 heteroatoms. The summed E-state index contributed by atoms with van der Waals surface area (Å²) in [4.78, 5) is 23.7. The second-order valence-corrected chi connectivity index (χ2v) is 10.4. The van der Waals surface area contributed by atoms with Gasteiger partial charge in [0.05, 0.1) is 5.56 Å². The normalized spacial score (nSPS) is 24.2. The van der Waals surface area contributed by atoms with Crippen LogP contribution >= 0.6 is 10.8 Å². The van der Waals surface area contributed by atoms with E-state index in [1.807, 2.05) is 0 Å². The Balaban J connectivity index is 1.67. The van der Waals surface area contributed by atoms with E-state index in [0.29, 0.717) is 25.2 Å². The molecule has 1 aromatic carbocycles. The summed E-state index contributed by atoms with van der Waals surface area (Å²) in [6.07, 6.45) is -2.96. The predicted molar refractivity (Wildman–Crippen MR) is 113 cm³/mol. The van der Waals surface area contributed by atoms with Crippen LogP contribution in [0.4, 0.5) is 23.2 Å². The molecule has 9 nitrogen and oxygen atoms in total. The van der Waals surface area contributed by atoms with Crippen molar-refractivity contribution in [1.29, 1.82) is 0 Å². The number of nitrogens with one attached hydrogen (secondary N) is 1. The molecule has 5 N–H and O–H groups in total. The van der Waals surface area contributed by atoms with E-state index in [4.69, 9.17) is 5.73 Å². The van der Waals surface area contributed by atoms with Gasteiger partial charge in [0.25, 0.3) is 5.91 Å². The fourth-order valence-electron chi connectivity index (χ4n) is 4.00. The zero-order valence-electron chi connectivity index (χ0n) is 17.4. The first-order valence-corrected chi connectivity index (χ1v) is 11.1. The lowest BCUT2D eigenvalue weighted by Gasteiger charge is -2.56. The number of carbonyl (C=O) groups is 1. The summed E-state index contributed by atoms with van der Waals surface area (Å²) >= 11 is 0. The first-order chi connectivity index (χ1) is 15.2. The molecule has 1 fully saturated rings. The van der Waals surface area contributed by atoms with E-state index < -0.39 is 50.4 Å². The van der Waals surface area contributed by atoms with E-state index >= 15 is 0 Å². The molecule has 1 spiro atoms.